The second-order valence-corrected chi connectivity index (χ2v) is 3.67. The molecule has 2 rings (SSSR count). The standard InChI is InChI=1S/C14H11FN2O/c1-2-10-4-3-7-16-14(10)17-9-11-5-6-12(15)8-13(11)18/h1,3-8,18H,9H2,(H,16,17). The van der Waals surface area contributed by atoms with E-state index in [9.17, 15) is 9.50 Å². The van der Waals surface area contributed by atoms with Crippen LogP contribution in [0.5, 0.6) is 5.75 Å². The molecule has 0 spiro atoms. The van der Waals surface area contributed by atoms with Crippen molar-refractivity contribution in [2.24, 2.45) is 0 Å². The highest BCUT2D eigenvalue weighted by molar-refractivity contribution is 5.53. The van der Waals surface area contributed by atoms with Crippen LogP contribution in [0.3, 0.4) is 0 Å². The summed E-state index contributed by atoms with van der Waals surface area (Å²) in [6.45, 7) is 0.317. The first kappa shape index (κ1) is 11.9. The van der Waals surface area contributed by atoms with Gasteiger partial charge < -0.3 is 10.4 Å². The van der Waals surface area contributed by atoms with E-state index in [1.807, 2.05) is 0 Å². The molecule has 3 nitrogen and oxygen atoms in total. The van der Waals surface area contributed by atoms with Gasteiger partial charge in [0.2, 0.25) is 0 Å². The lowest BCUT2D eigenvalue weighted by molar-refractivity contribution is 0.463. The zero-order chi connectivity index (χ0) is 13.0. The van der Waals surface area contributed by atoms with Crippen LogP contribution in [0.15, 0.2) is 36.5 Å². The maximum atomic E-state index is 12.8. The molecule has 0 aliphatic heterocycles. The van der Waals surface area contributed by atoms with E-state index in [2.05, 4.69) is 16.2 Å². The Labute approximate surface area is 104 Å². The van der Waals surface area contributed by atoms with Gasteiger partial charge in [0.1, 0.15) is 17.4 Å². The number of nitrogens with zero attached hydrogens (tertiary/aromatic N) is 1. The van der Waals surface area contributed by atoms with Gasteiger partial charge in [0, 0.05) is 24.4 Å². The van der Waals surface area contributed by atoms with Crippen molar-refractivity contribution in [2.45, 2.75) is 6.54 Å². The number of phenols is 1. The molecule has 0 unspecified atom stereocenters. The molecule has 0 saturated heterocycles. The number of aromatic nitrogens is 1. The summed E-state index contributed by atoms with van der Waals surface area (Å²) in [4.78, 5) is 4.10. The van der Waals surface area contributed by atoms with Crippen LogP contribution < -0.4 is 5.32 Å². The molecule has 1 aromatic carbocycles. The van der Waals surface area contributed by atoms with Crippen molar-refractivity contribution in [1.29, 1.82) is 0 Å². The predicted molar refractivity (Wildman–Crippen MR) is 67.6 cm³/mol. The molecule has 0 aliphatic rings. The van der Waals surface area contributed by atoms with Crippen LogP contribution in [-0.4, -0.2) is 10.1 Å². The Kier molecular flexibility index (Phi) is 3.44. The Morgan fingerprint density at radius 1 is 1.39 bits per heavy atom. The summed E-state index contributed by atoms with van der Waals surface area (Å²) in [6.07, 6.45) is 6.96. The first-order valence-electron chi connectivity index (χ1n) is 5.33. The molecule has 90 valence electrons. The fourth-order valence-electron chi connectivity index (χ4n) is 1.53. The van der Waals surface area contributed by atoms with Crippen LogP contribution in [0.2, 0.25) is 0 Å². The molecule has 0 amide bonds. The number of phenolic OH excluding ortho intramolecular Hbond substituents is 1. The molecule has 0 saturated carbocycles. The molecular formula is C14H11FN2O. The number of hydrogen-bond acceptors (Lipinski definition) is 3. The molecule has 18 heavy (non-hydrogen) atoms. The van der Waals surface area contributed by atoms with Crippen molar-refractivity contribution >= 4 is 5.82 Å². The summed E-state index contributed by atoms with van der Waals surface area (Å²) in [5.74, 6) is 2.50. The fraction of sp³-hybridized carbons (Fsp3) is 0.0714. The third-order valence-electron chi connectivity index (χ3n) is 2.46. The van der Waals surface area contributed by atoms with Gasteiger partial charge in [-0.2, -0.15) is 0 Å². The van der Waals surface area contributed by atoms with E-state index in [4.69, 9.17) is 6.42 Å². The van der Waals surface area contributed by atoms with E-state index >= 15 is 0 Å². The monoisotopic (exact) mass is 242 g/mol. The molecule has 0 bridgehead atoms. The van der Waals surface area contributed by atoms with E-state index in [1.165, 1.54) is 12.1 Å². The number of terminal acetylenes is 1. The summed E-state index contributed by atoms with van der Waals surface area (Å²) >= 11 is 0. The Morgan fingerprint density at radius 2 is 2.22 bits per heavy atom. The zero-order valence-corrected chi connectivity index (χ0v) is 9.52. The van der Waals surface area contributed by atoms with Crippen LogP contribution in [0.4, 0.5) is 10.2 Å². The lowest BCUT2D eigenvalue weighted by Gasteiger charge is -2.08. The SMILES string of the molecule is C#Cc1cccnc1NCc1ccc(F)cc1O. The average Bonchev–Trinajstić information content (AvgIpc) is 2.38. The Hall–Kier alpha value is -2.54. The number of pyridine rings is 1. The molecule has 0 radical (unpaired) electrons. The Morgan fingerprint density at radius 3 is 2.94 bits per heavy atom. The van der Waals surface area contributed by atoms with Gasteiger partial charge in [0.25, 0.3) is 0 Å². The van der Waals surface area contributed by atoms with Crippen LogP contribution in [0.25, 0.3) is 0 Å². The maximum absolute atomic E-state index is 12.8. The first-order valence-corrected chi connectivity index (χ1v) is 5.33. The van der Waals surface area contributed by atoms with E-state index in [-0.39, 0.29) is 5.75 Å². The minimum atomic E-state index is -0.474. The first-order chi connectivity index (χ1) is 8.70. The minimum Gasteiger partial charge on any atom is -0.507 e. The number of anilines is 1. The van der Waals surface area contributed by atoms with Crippen molar-refractivity contribution in [3.63, 3.8) is 0 Å². The van der Waals surface area contributed by atoms with Gasteiger partial charge in [-0.25, -0.2) is 9.37 Å². The van der Waals surface area contributed by atoms with E-state index < -0.39 is 5.82 Å². The van der Waals surface area contributed by atoms with Crippen molar-refractivity contribution in [2.75, 3.05) is 5.32 Å². The van der Waals surface area contributed by atoms with Crippen molar-refractivity contribution in [3.8, 4) is 18.1 Å². The second kappa shape index (κ2) is 5.19. The molecular weight excluding hydrogens is 231 g/mol. The van der Waals surface area contributed by atoms with Crippen LogP contribution >= 0.6 is 0 Å². The number of hydrogen-bond donors (Lipinski definition) is 2. The van der Waals surface area contributed by atoms with E-state index in [0.717, 1.165) is 6.07 Å². The van der Waals surface area contributed by atoms with Gasteiger partial charge in [-0.05, 0) is 18.2 Å². The van der Waals surface area contributed by atoms with Gasteiger partial charge in [-0.3, -0.25) is 0 Å². The summed E-state index contributed by atoms with van der Waals surface area (Å²) in [5, 5.41) is 12.6. The number of nitrogens with one attached hydrogen (secondary N) is 1. The van der Waals surface area contributed by atoms with Gasteiger partial charge in [-0.1, -0.05) is 12.0 Å². The fourth-order valence-corrected chi connectivity index (χ4v) is 1.53. The summed E-state index contributed by atoms with van der Waals surface area (Å²) in [6, 6.07) is 7.38. The van der Waals surface area contributed by atoms with Gasteiger partial charge >= 0.3 is 0 Å². The van der Waals surface area contributed by atoms with Crippen molar-refractivity contribution < 1.29 is 9.50 Å². The molecule has 2 aromatic rings. The van der Waals surface area contributed by atoms with Gasteiger partial charge in [0.05, 0.1) is 5.56 Å². The quantitative estimate of drug-likeness (QED) is 0.813. The van der Waals surface area contributed by atoms with Crippen LogP contribution in [0.1, 0.15) is 11.1 Å². The molecule has 0 aliphatic carbocycles. The molecule has 2 N–H and O–H groups in total. The number of benzene rings is 1. The van der Waals surface area contributed by atoms with Crippen LogP contribution in [-0.2, 0) is 6.54 Å². The third kappa shape index (κ3) is 2.58. The average molecular weight is 242 g/mol. The maximum Gasteiger partial charge on any atom is 0.141 e. The van der Waals surface area contributed by atoms with Crippen LogP contribution in [0, 0.1) is 18.2 Å². The lowest BCUT2D eigenvalue weighted by atomic mass is 10.2. The van der Waals surface area contributed by atoms with E-state index in [1.54, 1.807) is 18.3 Å². The smallest absolute Gasteiger partial charge is 0.141 e. The Bertz CT molecular complexity index is 605. The normalized spacial score (nSPS) is 9.78. The minimum absolute atomic E-state index is 0.0966. The van der Waals surface area contributed by atoms with Gasteiger partial charge in [-0.15, -0.1) is 6.42 Å². The Balaban J connectivity index is 2.14. The zero-order valence-electron chi connectivity index (χ0n) is 9.52. The molecule has 1 aromatic heterocycles. The predicted octanol–water partition coefficient (Wildman–Crippen LogP) is 2.52. The summed E-state index contributed by atoms with van der Waals surface area (Å²) in [7, 11) is 0. The van der Waals surface area contributed by atoms with Gasteiger partial charge in [0.15, 0.2) is 0 Å². The largest absolute Gasteiger partial charge is 0.507 e. The number of rotatable bonds is 3. The topological polar surface area (TPSA) is 45.2 Å². The molecule has 0 atom stereocenters. The lowest BCUT2D eigenvalue weighted by Crippen LogP contribution is -2.03. The van der Waals surface area contributed by atoms with Crippen molar-refractivity contribution in [3.05, 3.63) is 53.5 Å². The highest BCUT2D eigenvalue weighted by atomic mass is 19.1. The third-order valence-corrected chi connectivity index (χ3v) is 2.46. The summed E-state index contributed by atoms with van der Waals surface area (Å²) < 4.78 is 12.8. The molecule has 1 heterocycles. The molecule has 4 heteroatoms. The highest BCUT2D eigenvalue weighted by Crippen LogP contribution is 2.19. The number of aromatic hydroxyl groups is 1. The number of halogens is 1. The van der Waals surface area contributed by atoms with Crippen molar-refractivity contribution in [1.82, 2.24) is 4.98 Å². The van der Waals surface area contributed by atoms with E-state index in [0.29, 0.717) is 23.5 Å². The highest BCUT2D eigenvalue weighted by Gasteiger charge is 2.04. The molecule has 0 fully saturated rings. The second-order valence-electron chi connectivity index (χ2n) is 3.67. The summed E-state index contributed by atoms with van der Waals surface area (Å²) in [5.41, 5.74) is 1.21.